The van der Waals surface area contributed by atoms with Gasteiger partial charge in [0, 0.05) is 43.6 Å². The summed E-state index contributed by atoms with van der Waals surface area (Å²) in [7, 11) is 0. The lowest BCUT2D eigenvalue weighted by Crippen LogP contribution is -2.40. The number of carbonyl (C=O) groups excluding carboxylic acids is 1. The van der Waals surface area contributed by atoms with Gasteiger partial charge >= 0.3 is 5.97 Å². The van der Waals surface area contributed by atoms with Gasteiger partial charge in [-0.2, -0.15) is 0 Å². The van der Waals surface area contributed by atoms with E-state index in [0.717, 1.165) is 92.7 Å². The summed E-state index contributed by atoms with van der Waals surface area (Å²) >= 11 is 0. The maximum absolute atomic E-state index is 13.0. The number of hydrogen-bond acceptors (Lipinski definition) is 6. The molecule has 1 aliphatic carbocycles. The smallest absolute Gasteiger partial charge is 0.323 e. The maximum atomic E-state index is 13.0. The Kier molecular flexibility index (Phi) is 8.82. The summed E-state index contributed by atoms with van der Waals surface area (Å²) in [6.07, 6.45) is 8.86. The second-order valence-corrected chi connectivity index (χ2v) is 11.7. The van der Waals surface area contributed by atoms with Crippen LogP contribution in [0.15, 0.2) is 35.3 Å². The van der Waals surface area contributed by atoms with Crippen LogP contribution in [0.4, 0.5) is 0 Å². The summed E-state index contributed by atoms with van der Waals surface area (Å²) in [5, 5.41) is 3.48. The van der Waals surface area contributed by atoms with Crippen LogP contribution >= 0.6 is 0 Å². The minimum absolute atomic E-state index is 0.0694. The first-order chi connectivity index (χ1) is 18.9. The van der Waals surface area contributed by atoms with Crippen molar-refractivity contribution >= 4 is 17.0 Å². The number of imidazole rings is 1. The zero-order chi connectivity index (χ0) is 27.4. The first-order valence-corrected chi connectivity index (χ1v) is 14.6. The van der Waals surface area contributed by atoms with E-state index in [1.165, 1.54) is 0 Å². The molecule has 0 amide bonds. The molecule has 5 rings (SSSR count). The van der Waals surface area contributed by atoms with Crippen molar-refractivity contribution in [2.24, 2.45) is 11.8 Å². The van der Waals surface area contributed by atoms with Gasteiger partial charge in [0.25, 0.3) is 5.56 Å². The van der Waals surface area contributed by atoms with Gasteiger partial charge in [-0.25, -0.2) is 4.98 Å². The fourth-order valence-electron chi connectivity index (χ4n) is 5.83. The molecule has 1 aromatic carbocycles. The van der Waals surface area contributed by atoms with E-state index in [0.29, 0.717) is 23.9 Å². The third-order valence-corrected chi connectivity index (χ3v) is 8.07. The number of aryl methyl sites for hydroxylation is 1. The number of ether oxygens (including phenoxy) is 2. The molecule has 2 fully saturated rings. The summed E-state index contributed by atoms with van der Waals surface area (Å²) in [5.41, 5.74) is 4.55. The van der Waals surface area contributed by atoms with E-state index in [1.54, 1.807) is 6.20 Å². The minimum Gasteiger partial charge on any atom is -0.461 e. The van der Waals surface area contributed by atoms with Gasteiger partial charge < -0.3 is 24.3 Å². The molecule has 210 valence electrons. The van der Waals surface area contributed by atoms with Gasteiger partial charge in [-0.1, -0.05) is 19.9 Å². The predicted octanol–water partition coefficient (Wildman–Crippen LogP) is 5.12. The number of esters is 1. The quantitative estimate of drug-likeness (QED) is 0.351. The molecule has 2 aliphatic rings. The average Bonchev–Trinajstić information content (AvgIpc) is 3.56. The van der Waals surface area contributed by atoms with Crippen molar-refractivity contribution in [1.29, 1.82) is 0 Å². The zero-order valence-corrected chi connectivity index (χ0v) is 23.5. The Balaban J connectivity index is 1.39. The number of benzene rings is 1. The SMILES string of the molecule is Cc1cc(-c2nc3cc(CN[C@@H](CC(C)C)C(=O)OC4CCCC4)ccc3n2CC2CCOCC2)c[nH]c1=O. The van der Waals surface area contributed by atoms with Crippen LogP contribution in [0.2, 0.25) is 0 Å². The van der Waals surface area contributed by atoms with Gasteiger partial charge in [0.05, 0.1) is 11.0 Å². The number of aromatic amines is 1. The number of fused-ring (bicyclic) bond motifs is 1. The number of hydrogen-bond donors (Lipinski definition) is 2. The highest BCUT2D eigenvalue weighted by molar-refractivity contribution is 5.81. The van der Waals surface area contributed by atoms with Gasteiger partial charge in [-0.15, -0.1) is 0 Å². The van der Waals surface area contributed by atoms with E-state index in [9.17, 15) is 9.59 Å². The van der Waals surface area contributed by atoms with Gasteiger partial charge in [0.2, 0.25) is 0 Å². The fraction of sp³-hybridized carbons (Fsp3) is 0.581. The number of nitrogens with one attached hydrogen (secondary N) is 2. The first kappa shape index (κ1) is 27.6. The van der Waals surface area contributed by atoms with Crippen LogP contribution in [0.3, 0.4) is 0 Å². The minimum atomic E-state index is -0.327. The molecule has 3 aromatic rings. The van der Waals surface area contributed by atoms with Crippen LogP contribution < -0.4 is 10.9 Å². The van der Waals surface area contributed by atoms with E-state index in [2.05, 4.69) is 46.9 Å². The van der Waals surface area contributed by atoms with Crippen molar-refractivity contribution in [2.75, 3.05) is 13.2 Å². The third-order valence-electron chi connectivity index (χ3n) is 8.07. The number of carbonyl (C=O) groups is 1. The third kappa shape index (κ3) is 6.79. The monoisotopic (exact) mass is 534 g/mol. The fourth-order valence-corrected chi connectivity index (χ4v) is 5.83. The summed E-state index contributed by atoms with van der Waals surface area (Å²) < 4.78 is 13.7. The lowest BCUT2D eigenvalue weighted by Gasteiger charge is -2.23. The molecule has 1 saturated heterocycles. The molecule has 8 heteroatoms. The molecule has 0 bridgehead atoms. The highest BCUT2D eigenvalue weighted by Gasteiger charge is 2.26. The normalized spacial score (nSPS) is 17.7. The molecule has 1 saturated carbocycles. The van der Waals surface area contributed by atoms with Crippen molar-refractivity contribution in [1.82, 2.24) is 19.9 Å². The molecule has 1 atom stereocenters. The van der Waals surface area contributed by atoms with Crippen LogP contribution in [0.5, 0.6) is 0 Å². The Morgan fingerprint density at radius 1 is 1.18 bits per heavy atom. The van der Waals surface area contributed by atoms with E-state index < -0.39 is 0 Å². The molecule has 0 unspecified atom stereocenters. The summed E-state index contributed by atoms with van der Waals surface area (Å²) in [6, 6.07) is 7.95. The molecular formula is C31H42N4O4. The average molecular weight is 535 g/mol. The number of aromatic nitrogens is 3. The molecule has 0 radical (unpaired) electrons. The highest BCUT2D eigenvalue weighted by atomic mass is 16.5. The van der Waals surface area contributed by atoms with Gasteiger partial charge in [0.15, 0.2) is 0 Å². The van der Waals surface area contributed by atoms with Crippen LogP contribution in [0.1, 0.15) is 69.9 Å². The van der Waals surface area contributed by atoms with Crippen LogP contribution in [-0.4, -0.2) is 45.9 Å². The Bertz CT molecular complexity index is 1330. The Morgan fingerprint density at radius 2 is 1.95 bits per heavy atom. The molecule has 39 heavy (non-hydrogen) atoms. The lowest BCUT2D eigenvalue weighted by molar-refractivity contribution is -0.151. The largest absolute Gasteiger partial charge is 0.461 e. The van der Waals surface area contributed by atoms with E-state index >= 15 is 0 Å². The standard InChI is InChI=1S/C31H42N4O4/c1-20(2)14-27(31(37)39-25-6-4-5-7-25)32-17-23-8-9-28-26(16-23)34-29(24-15-21(3)30(36)33-18-24)35(28)19-22-10-12-38-13-11-22/h8-9,15-16,18,20,22,25,27,32H,4-7,10-14,17,19H2,1-3H3,(H,33,36)/t27-/m0/s1. The summed E-state index contributed by atoms with van der Waals surface area (Å²) in [4.78, 5) is 32.9. The highest BCUT2D eigenvalue weighted by Crippen LogP contribution is 2.29. The molecule has 3 heterocycles. The topological polar surface area (TPSA) is 98.2 Å². The van der Waals surface area contributed by atoms with Crippen molar-refractivity contribution < 1.29 is 14.3 Å². The Morgan fingerprint density at radius 3 is 2.67 bits per heavy atom. The van der Waals surface area contributed by atoms with Crippen molar-refractivity contribution in [3.63, 3.8) is 0 Å². The van der Waals surface area contributed by atoms with Crippen LogP contribution in [-0.2, 0) is 27.4 Å². The maximum Gasteiger partial charge on any atom is 0.323 e. The van der Waals surface area contributed by atoms with E-state index in [1.807, 2.05) is 13.0 Å². The molecule has 2 aromatic heterocycles. The molecule has 2 N–H and O–H groups in total. The zero-order valence-electron chi connectivity index (χ0n) is 23.5. The van der Waals surface area contributed by atoms with Crippen LogP contribution in [0, 0.1) is 18.8 Å². The van der Waals surface area contributed by atoms with Crippen molar-refractivity contribution in [2.45, 2.75) is 91.0 Å². The van der Waals surface area contributed by atoms with Crippen molar-refractivity contribution in [3.8, 4) is 11.4 Å². The van der Waals surface area contributed by atoms with Crippen molar-refractivity contribution in [3.05, 3.63) is 51.9 Å². The van der Waals surface area contributed by atoms with E-state index in [-0.39, 0.29) is 23.7 Å². The molecule has 1 aliphatic heterocycles. The van der Waals surface area contributed by atoms with Gasteiger partial charge in [-0.05, 0) is 87.5 Å². The van der Waals surface area contributed by atoms with Gasteiger partial charge in [0.1, 0.15) is 18.0 Å². The number of nitrogens with zero attached hydrogens (tertiary/aromatic N) is 2. The summed E-state index contributed by atoms with van der Waals surface area (Å²) in [6.45, 7) is 9.09. The summed E-state index contributed by atoms with van der Waals surface area (Å²) in [5.74, 6) is 1.63. The molecule has 8 nitrogen and oxygen atoms in total. The molecular weight excluding hydrogens is 492 g/mol. The first-order valence-electron chi connectivity index (χ1n) is 14.6. The number of rotatable bonds is 10. The number of pyridine rings is 1. The van der Waals surface area contributed by atoms with E-state index in [4.69, 9.17) is 14.5 Å². The second-order valence-electron chi connectivity index (χ2n) is 11.7. The Labute approximate surface area is 230 Å². The second kappa shape index (κ2) is 12.5. The molecule has 0 spiro atoms. The number of H-pyrrole nitrogens is 1. The van der Waals surface area contributed by atoms with Crippen LogP contribution in [0.25, 0.3) is 22.4 Å². The Hall–Kier alpha value is -2.97. The predicted molar refractivity (Wildman–Crippen MR) is 153 cm³/mol. The van der Waals surface area contributed by atoms with Gasteiger partial charge in [-0.3, -0.25) is 9.59 Å². The lowest BCUT2D eigenvalue weighted by atomic mass is 10.00.